The van der Waals surface area contributed by atoms with Crippen LogP contribution < -0.4 is 16.4 Å². The van der Waals surface area contributed by atoms with Crippen molar-refractivity contribution in [2.24, 2.45) is 5.73 Å². The van der Waals surface area contributed by atoms with Gasteiger partial charge >= 0.3 is 5.97 Å². The number of aromatic nitrogens is 3. The number of carbonyl (C=O) groups excluding carboxylic acids is 1. The van der Waals surface area contributed by atoms with Gasteiger partial charge in [-0.05, 0) is 55.1 Å². The van der Waals surface area contributed by atoms with E-state index in [1.807, 2.05) is 0 Å². The van der Waals surface area contributed by atoms with E-state index >= 15 is 0 Å². The Labute approximate surface area is 212 Å². The summed E-state index contributed by atoms with van der Waals surface area (Å²) in [5.41, 5.74) is 7.43. The van der Waals surface area contributed by atoms with Gasteiger partial charge in [-0.1, -0.05) is 35.9 Å². The smallest absolute Gasteiger partial charge is 0.326 e. The molecule has 0 aliphatic rings. The molecule has 7 N–H and O–H groups in total. The van der Waals surface area contributed by atoms with E-state index in [2.05, 4.69) is 26.0 Å². The molecule has 2 aromatic carbocycles. The standard InChI is InChI=1S/C24H28ClFN6O4/c25-16-7-8-19(26)18(11-16)15-5-3-14(4-6-15)10-17(29-23(34)21-13-28-32-31-21)12-20(24(35)36)30-22(33)2-1-9-27/h3-8,11,13,17,20,23,29,34H,1-2,9-10,12,27H2,(H,30,33)(H,35,36)(H,28,31,32). The second-order valence-corrected chi connectivity index (χ2v) is 8.71. The minimum Gasteiger partial charge on any atom is -0.480 e. The van der Waals surface area contributed by atoms with Crippen LogP contribution in [0.1, 0.15) is 36.7 Å². The molecule has 0 fully saturated rings. The number of aromatic amines is 1. The number of aliphatic hydroxyl groups excluding tert-OH is 1. The highest BCUT2D eigenvalue weighted by Crippen LogP contribution is 2.26. The first kappa shape index (κ1) is 27.2. The van der Waals surface area contributed by atoms with Crippen LogP contribution >= 0.6 is 11.6 Å². The van der Waals surface area contributed by atoms with Crippen LogP contribution in [0.5, 0.6) is 0 Å². The van der Waals surface area contributed by atoms with Gasteiger partial charge in [0.15, 0.2) is 6.23 Å². The third kappa shape index (κ3) is 7.82. The molecule has 0 aliphatic carbocycles. The minimum absolute atomic E-state index is 0.0245. The summed E-state index contributed by atoms with van der Waals surface area (Å²) in [6.45, 7) is 0.314. The molecule has 36 heavy (non-hydrogen) atoms. The number of nitrogens with two attached hydrogens (primary N) is 1. The summed E-state index contributed by atoms with van der Waals surface area (Å²) in [5.74, 6) is -2.03. The van der Waals surface area contributed by atoms with Gasteiger partial charge in [-0.15, -0.1) is 0 Å². The molecular formula is C24H28ClFN6O4. The quantitative estimate of drug-likeness (QED) is 0.187. The second-order valence-electron chi connectivity index (χ2n) is 8.27. The lowest BCUT2D eigenvalue weighted by molar-refractivity contribution is -0.142. The van der Waals surface area contributed by atoms with Gasteiger partial charge in [0.1, 0.15) is 17.6 Å². The molecule has 3 unspecified atom stereocenters. The molecule has 192 valence electrons. The van der Waals surface area contributed by atoms with Crippen molar-refractivity contribution in [2.75, 3.05) is 6.54 Å². The number of hydrogen-bond donors (Lipinski definition) is 6. The lowest BCUT2D eigenvalue weighted by Crippen LogP contribution is -2.47. The number of carbonyl (C=O) groups is 2. The molecule has 3 atom stereocenters. The average molecular weight is 519 g/mol. The number of H-pyrrole nitrogens is 1. The number of amides is 1. The molecule has 0 saturated heterocycles. The number of halogens is 2. The number of nitrogens with one attached hydrogen (secondary N) is 3. The Balaban J connectivity index is 1.78. The first-order valence-electron chi connectivity index (χ1n) is 11.3. The van der Waals surface area contributed by atoms with E-state index in [1.54, 1.807) is 24.3 Å². The molecule has 0 spiro atoms. The Morgan fingerprint density at radius 1 is 1.19 bits per heavy atom. The highest BCUT2D eigenvalue weighted by molar-refractivity contribution is 6.30. The van der Waals surface area contributed by atoms with Crippen molar-refractivity contribution in [1.29, 1.82) is 0 Å². The van der Waals surface area contributed by atoms with Crippen molar-refractivity contribution in [3.63, 3.8) is 0 Å². The topological polar surface area (TPSA) is 166 Å². The van der Waals surface area contributed by atoms with Gasteiger partial charge in [-0.2, -0.15) is 15.4 Å². The van der Waals surface area contributed by atoms with Crippen LogP contribution in [-0.2, 0) is 16.0 Å². The largest absolute Gasteiger partial charge is 0.480 e. The van der Waals surface area contributed by atoms with Gasteiger partial charge < -0.3 is 21.3 Å². The lowest BCUT2D eigenvalue weighted by atomic mass is 9.96. The van der Waals surface area contributed by atoms with Crippen LogP contribution in [0, 0.1) is 5.82 Å². The molecular weight excluding hydrogens is 491 g/mol. The maximum absolute atomic E-state index is 14.2. The minimum atomic E-state index is -1.23. The average Bonchev–Trinajstić information content (AvgIpc) is 3.39. The maximum Gasteiger partial charge on any atom is 0.326 e. The zero-order valence-corrected chi connectivity index (χ0v) is 20.1. The van der Waals surface area contributed by atoms with Crippen molar-refractivity contribution in [3.8, 4) is 11.1 Å². The van der Waals surface area contributed by atoms with E-state index in [4.69, 9.17) is 17.3 Å². The number of rotatable bonds is 13. The Hall–Kier alpha value is -3.38. The Kier molecular flexibility index (Phi) is 9.88. The zero-order valence-electron chi connectivity index (χ0n) is 19.3. The van der Waals surface area contributed by atoms with Crippen LogP contribution in [0.3, 0.4) is 0 Å². The summed E-state index contributed by atoms with van der Waals surface area (Å²) in [6, 6.07) is 9.55. The van der Waals surface area contributed by atoms with Crippen molar-refractivity contribution in [3.05, 3.63) is 70.8 Å². The fourth-order valence-corrected chi connectivity index (χ4v) is 3.89. The normalized spacial score (nSPS) is 13.7. The molecule has 0 saturated carbocycles. The van der Waals surface area contributed by atoms with Crippen LogP contribution in [0.15, 0.2) is 48.7 Å². The van der Waals surface area contributed by atoms with E-state index < -0.39 is 36.0 Å². The number of hydrogen-bond acceptors (Lipinski definition) is 7. The second kappa shape index (κ2) is 13.1. The predicted molar refractivity (Wildman–Crippen MR) is 131 cm³/mol. The monoisotopic (exact) mass is 518 g/mol. The van der Waals surface area contributed by atoms with Gasteiger partial charge in [0.05, 0.1) is 6.20 Å². The van der Waals surface area contributed by atoms with Crippen molar-refractivity contribution in [2.45, 2.75) is 44.0 Å². The Morgan fingerprint density at radius 3 is 2.58 bits per heavy atom. The molecule has 3 aromatic rings. The highest BCUT2D eigenvalue weighted by atomic mass is 35.5. The van der Waals surface area contributed by atoms with Gasteiger partial charge in [0, 0.05) is 23.0 Å². The van der Waals surface area contributed by atoms with E-state index in [-0.39, 0.29) is 18.5 Å². The Morgan fingerprint density at radius 2 is 1.94 bits per heavy atom. The summed E-state index contributed by atoms with van der Waals surface area (Å²) < 4.78 is 14.2. The molecule has 0 aliphatic heterocycles. The summed E-state index contributed by atoms with van der Waals surface area (Å²) in [7, 11) is 0. The van der Waals surface area contributed by atoms with Gasteiger partial charge in [-0.3, -0.25) is 10.1 Å². The molecule has 1 aromatic heterocycles. The third-order valence-corrected chi connectivity index (χ3v) is 5.78. The first-order chi connectivity index (χ1) is 17.3. The van der Waals surface area contributed by atoms with Crippen LogP contribution in [-0.4, -0.2) is 56.1 Å². The molecule has 1 heterocycles. The molecule has 3 rings (SSSR count). The third-order valence-electron chi connectivity index (χ3n) is 5.54. The molecule has 0 bridgehead atoms. The molecule has 12 heteroatoms. The maximum atomic E-state index is 14.2. The number of carboxylic acid groups (broad SMARTS) is 1. The lowest BCUT2D eigenvalue weighted by Gasteiger charge is -2.25. The first-order valence-corrected chi connectivity index (χ1v) is 11.7. The summed E-state index contributed by atoms with van der Waals surface area (Å²) in [4.78, 5) is 24.0. The SMILES string of the molecule is NCCCC(=O)NC(CC(Cc1ccc(-c2cc(Cl)ccc2F)cc1)NC(O)c1cn[nH]n1)C(=O)O. The zero-order chi connectivity index (χ0) is 26.1. The van der Waals surface area contributed by atoms with Crippen LogP contribution in [0.4, 0.5) is 4.39 Å². The van der Waals surface area contributed by atoms with E-state index in [1.165, 1.54) is 24.4 Å². The van der Waals surface area contributed by atoms with Gasteiger partial charge in [0.2, 0.25) is 5.91 Å². The summed E-state index contributed by atoms with van der Waals surface area (Å²) >= 11 is 6.00. The van der Waals surface area contributed by atoms with E-state index in [0.717, 1.165) is 5.56 Å². The number of carboxylic acids is 1. The molecule has 10 nitrogen and oxygen atoms in total. The fourth-order valence-electron chi connectivity index (χ4n) is 3.72. The highest BCUT2D eigenvalue weighted by Gasteiger charge is 2.26. The van der Waals surface area contributed by atoms with Crippen LogP contribution in [0.2, 0.25) is 5.02 Å². The summed E-state index contributed by atoms with van der Waals surface area (Å²) in [6.07, 6.45) is 0.938. The van der Waals surface area contributed by atoms with E-state index in [9.17, 15) is 24.2 Å². The summed E-state index contributed by atoms with van der Waals surface area (Å²) in [5, 5.41) is 36.0. The molecule has 0 radical (unpaired) electrons. The van der Waals surface area contributed by atoms with Crippen LogP contribution in [0.25, 0.3) is 11.1 Å². The number of benzene rings is 2. The number of aliphatic carboxylic acids is 1. The predicted octanol–water partition coefficient (Wildman–Crippen LogP) is 2.15. The molecule has 1 amide bonds. The Bertz CT molecular complexity index is 1150. The number of aliphatic hydroxyl groups is 1. The van der Waals surface area contributed by atoms with Gasteiger partial charge in [-0.25, -0.2) is 9.18 Å². The van der Waals surface area contributed by atoms with Crippen molar-refractivity contribution >= 4 is 23.5 Å². The fraction of sp³-hybridized carbons (Fsp3) is 0.333. The number of nitrogens with zero attached hydrogens (tertiary/aromatic N) is 2. The van der Waals surface area contributed by atoms with E-state index in [0.29, 0.717) is 35.5 Å². The van der Waals surface area contributed by atoms with Crippen molar-refractivity contribution in [1.82, 2.24) is 26.0 Å². The van der Waals surface area contributed by atoms with Gasteiger partial charge in [0.25, 0.3) is 0 Å². The van der Waals surface area contributed by atoms with Crippen molar-refractivity contribution < 1.29 is 24.2 Å².